The summed E-state index contributed by atoms with van der Waals surface area (Å²) in [4.78, 5) is 15.6. The normalized spacial score (nSPS) is 10.8. The second kappa shape index (κ2) is 5.62. The molecule has 0 aliphatic carbocycles. The topological polar surface area (TPSA) is 42.1 Å². The summed E-state index contributed by atoms with van der Waals surface area (Å²) in [5.74, 6) is 0.805. The Labute approximate surface area is 127 Å². The number of H-pyrrole nitrogens is 1. The van der Waals surface area contributed by atoms with Crippen molar-refractivity contribution in [2.45, 2.75) is 6.42 Å². The van der Waals surface area contributed by atoms with E-state index < -0.39 is 0 Å². The number of methoxy groups -OCH3 is 1. The standard InChI is InChI=1S/C17H14ClNO2/c1-21-13-4-2-3-11(7-13)8-17(20)15-10-19-16-6-5-12(18)9-14(15)16/h2-7,9-10,19H,8H2,1H3. The number of rotatable bonds is 4. The SMILES string of the molecule is COc1cccc(CC(=O)c2c[nH]c3ccc(Cl)cc23)c1. The summed E-state index contributed by atoms with van der Waals surface area (Å²) >= 11 is 6.01. The molecule has 0 amide bonds. The Morgan fingerprint density at radius 3 is 2.90 bits per heavy atom. The summed E-state index contributed by atoms with van der Waals surface area (Å²) in [7, 11) is 1.61. The van der Waals surface area contributed by atoms with E-state index in [1.807, 2.05) is 36.4 Å². The zero-order chi connectivity index (χ0) is 14.8. The van der Waals surface area contributed by atoms with Crippen molar-refractivity contribution in [3.63, 3.8) is 0 Å². The van der Waals surface area contributed by atoms with Crippen molar-refractivity contribution < 1.29 is 9.53 Å². The molecule has 0 saturated carbocycles. The Kier molecular flexibility index (Phi) is 3.67. The third kappa shape index (κ3) is 2.78. The largest absolute Gasteiger partial charge is 0.497 e. The molecule has 106 valence electrons. The zero-order valence-electron chi connectivity index (χ0n) is 11.5. The van der Waals surface area contributed by atoms with Gasteiger partial charge in [-0.15, -0.1) is 0 Å². The van der Waals surface area contributed by atoms with Crippen LogP contribution in [0.5, 0.6) is 5.75 Å². The van der Waals surface area contributed by atoms with Crippen LogP contribution in [-0.2, 0) is 6.42 Å². The number of ether oxygens (including phenoxy) is 1. The predicted octanol–water partition coefficient (Wildman–Crippen LogP) is 4.26. The van der Waals surface area contributed by atoms with Gasteiger partial charge in [0.05, 0.1) is 7.11 Å². The predicted molar refractivity (Wildman–Crippen MR) is 84.3 cm³/mol. The van der Waals surface area contributed by atoms with Crippen molar-refractivity contribution in [2.24, 2.45) is 0 Å². The molecule has 0 atom stereocenters. The molecule has 3 aromatic rings. The van der Waals surface area contributed by atoms with Crippen molar-refractivity contribution in [1.29, 1.82) is 0 Å². The third-order valence-corrected chi connectivity index (χ3v) is 3.68. The van der Waals surface area contributed by atoms with E-state index in [0.29, 0.717) is 17.0 Å². The number of aromatic nitrogens is 1. The lowest BCUT2D eigenvalue weighted by atomic mass is 10.0. The smallest absolute Gasteiger partial charge is 0.169 e. The van der Waals surface area contributed by atoms with Crippen molar-refractivity contribution >= 4 is 28.3 Å². The highest BCUT2D eigenvalue weighted by atomic mass is 35.5. The molecule has 0 bridgehead atoms. The summed E-state index contributed by atoms with van der Waals surface area (Å²) in [5.41, 5.74) is 2.50. The molecule has 0 spiro atoms. The molecule has 21 heavy (non-hydrogen) atoms. The number of hydrogen-bond acceptors (Lipinski definition) is 2. The maximum Gasteiger partial charge on any atom is 0.169 e. The first-order valence-electron chi connectivity index (χ1n) is 6.60. The number of Topliss-reactive ketones (excluding diaryl/α,β-unsaturated/α-hetero) is 1. The molecule has 0 fully saturated rings. The van der Waals surface area contributed by atoms with Crippen LogP contribution in [0.1, 0.15) is 15.9 Å². The number of nitrogens with one attached hydrogen (secondary N) is 1. The summed E-state index contributed by atoms with van der Waals surface area (Å²) in [6.45, 7) is 0. The lowest BCUT2D eigenvalue weighted by molar-refractivity contribution is 0.0994. The number of hydrogen-bond donors (Lipinski definition) is 1. The van der Waals surface area contributed by atoms with Crippen molar-refractivity contribution in [2.75, 3.05) is 7.11 Å². The first kappa shape index (κ1) is 13.7. The van der Waals surface area contributed by atoms with Gasteiger partial charge in [-0.2, -0.15) is 0 Å². The highest BCUT2D eigenvalue weighted by Crippen LogP contribution is 2.24. The van der Waals surface area contributed by atoms with Gasteiger partial charge in [0.15, 0.2) is 5.78 Å². The van der Waals surface area contributed by atoms with Crippen LogP contribution in [0, 0.1) is 0 Å². The van der Waals surface area contributed by atoms with Gasteiger partial charge < -0.3 is 9.72 Å². The van der Waals surface area contributed by atoms with Crippen LogP contribution in [0.3, 0.4) is 0 Å². The van der Waals surface area contributed by atoms with Crippen molar-refractivity contribution in [3.05, 3.63) is 64.8 Å². The van der Waals surface area contributed by atoms with E-state index >= 15 is 0 Å². The quantitative estimate of drug-likeness (QED) is 0.732. The molecule has 0 unspecified atom stereocenters. The molecular weight excluding hydrogens is 286 g/mol. The van der Waals surface area contributed by atoms with E-state index in [4.69, 9.17) is 16.3 Å². The minimum absolute atomic E-state index is 0.0526. The molecule has 3 rings (SSSR count). The Bertz CT molecular complexity index is 807. The van der Waals surface area contributed by atoms with E-state index in [2.05, 4.69) is 4.98 Å². The molecule has 1 heterocycles. The molecule has 0 saturated heterocycles. The highest BCUT2D eigenvalue weighted by molar-refractivity contribution is 6.31. The summed E-state index contributed by atoms with van der Waals surface area (Å²) in [6.07, 6.45) is 2.07. The van der Waals surface area contributed by atoms with Crippen LogP contribution in [0.4, 0.5) is 0 Å². The van der Waals surface area contributed by atoms with Crippen molar-refractivity contribution in [3.8, 4) is 5.75 Å². The fourth-order valence-electron chi connectivity index (χ4n) is 2.39. The number of aromatic amines is 1. The first-order chi connectivity index (χ1) is 10.2. The van der Waals surface area contributed by atoms with Gasteiger partial charge >= 0.3 is 0 Å². The maximum atomic E-state index is 12.5. The average molecular weight is 300 g/mol. The number of carbonyl (C=O) groups is 1. The molecule has 4 heteroatoms. The number of fused-ring (bicyclic) bond motifs is 1. The zero-order valence-corrected chi connectivity index (χ0v) is 12.3. The van der Waals surface area contributed by atoms with Gasteiger partial charge in [0.25, 0.3) is 0 Å². The summed E-state index contributed by atoms with van der Waals surface area (Å²) in [5, 5.41) is 1.48. The van der Waals surface area contributed by atoms with E-state index in [0.717, 1.165) is 22.2 Å². The Morgan fingerprint density at radius 2 is 2.10 bits per heavy atom. The van der Waals surface area contributed by atoms with Crippen LogP contribution < -0.4 is 4.74 Å². The fourth-order valence-corrected chi connectivity index (χ4v) is 2.56. The van der Waals surface area contributed by atoms with Crippen molar-refractivity contribution in [1.82, 2.24) is 4.98 Å². The van der Waals surface area contributed by atoms with E-state index in [9.17, 15) is 4.79 Å². The van der Waals surface area contributed by atoms with Gasteiger partial charge in [-0.25, -0.2) is 0 Å². The number of carbonyl (C=O) groups excluding carboxylic acids is 1. The van der Waals surface area contributed by atoms with Crippen LogP contribution >= 0.6 is 11.6 Å². The summed E-state index contributed by atoms with van der Waals surface area (Å²) < 4.78 is 5.18. The minimum Gasteiger partial charge on any atom is -0.497 e. The maximum absolute atomic E-state index is 12.5. The Hall–Kier alpha value is -2.26. The third-order valence-electron chi connectivity index (χ3n) is 3.44. The molecule has 0 radical (unpaired) electrons. The van der Waals surface area contributed by atoms with E-state index in [1.165, 1.54) is 0 Å². The number of ketones is 1. The summed E-state index contributed by atoms with van der Waals surface area (Å²) in [6, 6.07) is 13.0. The van der Waals surface area contributed by atoms with Crippen LogP contribution in [0.2, 0.25) is 5.02 Å². The Balaban J connectivity index is 1.91. The molecule has 1 N–H and O–H groups in total. The molecule has 3 nitrogen and oxygen atoms in total. The first-order valence-corrected chi connectivity index (χ1v) is 6.98. The molecule has 0 aliphatic heterocycles. The van der Waals surface area contributed by atoms with Crippen LogP contribution in [0.25, 0.3) is 10.9 Å². The number of benzene rings is 2. The monoisotopic (exact) mass is 299 g/mol. The molecule has 0 aliphatic rings. The van der Waals surface area contributed by atoms with Gasteiger partial charge in [0.1, 0.15) is 5.75 Å². The van der Waals surface area contributed by atoms with E-state index in [-0.39, 0.29) is 5.78 Å². The van der Waals surface area contributed by atoms with Gasteiger partial charge in [-0.05, 0) is 35.9 Å². The minimum atomic E-state index is 0.0526. The van der Waals surface area contributed by atoms with Gasteiger partial charge in [-0.3, -0.25) is 4.79 Å². The van der Waals surface area contributed by atoms with Crippen LogP contribution in [0.15, 0.2) is 48.7 Å². The lowest BCUT2D eigenvalue weighted by Crippen LogP contribution is -2.03. The molecule has 2 aromatic carbocycles. The second-order valence-electron chi connectivity index (χ2n) is 4.84. The van der Waals surface area contributed by atoms with Gasteiger partial charge in [0.2, 0.25) is 0 Å². The van der Waals surface area contributed by atoms with E-state index in [1.54, 1.807) is 19.4 Å². The average Bonchev–Trinajstić information content (AvgIpc) is 2.90. The lowest BCUT2D eigenvalue weighted by Gasteiger charge is -2.04. The fraction of sp³-hybridized carbons (Fsp3) is 0.118. The van der Waals surface area contributed by atoms with Gasteiger partial charge in [0, 0.05) is 34.1 Å². The van der Waals surface area contributed by atoms with Crippen LogP contribution in [-0.4, -0.2) is 17.9 Å². The number of halogens is 1. The second-order valence-corrected chi connectivity index (χ2v) is 5.28. The molecular formula is C17H14ClNO2. The Morgan fingerprint density at radius 1 is 1.24 bits per heavy atom. The van der Waals surface area contributed by atoms with Gasteiger partial charge in [-0.1, -0.05) is 23.7 Å². The molecule has 1 aromatic heterocycles. The highest BCUT2D eigenvalue weighted by Gasteiger charge is 2.13.